The van der Waals surface area contributed by atoms with Crippen LogP contribution < -0.4 is 4.90 Å². The van der Waals surface area contributed by atoms with Crippen LogP contribution in [0.1, 0.15) is 25.3 Å². The van der Waals surface area contributed by atoms with Crippen LogP contribution in [0.2, 0.25) is 0 Å². The molecular formula is C16H25FN2O. The van der Waals surface area contributed by atoms with Gasteiger partial charge < -0.3 is 9.64 Å². The van der Waals surface area contributed by atoms with Gasteiger partial charge in [-0.25, -0.2) is 4.39 Å². The Morgan fingerprint density at radius 3 is 2.45 bits per heavy atom. The molecule has 1 heterocycles. The molecule has 0 aromatic heterocycles. The van der Waals surface area contributed by atoms with Gasteiger partial charge in [-0.3, -0.25) is 4.90 Å². The molecule has 2 rings (SSSR count). The van der Waals surface area contributed by atoms with Gasteiger partial charge in [0.1, 0.15) is 5.82 Å². The van der Waals surface area contributed by atoms with Crippen molar-refractivity contribution in [3.8, 4) is 0 Å². The van der Waals surface area contributed by atoms with Crippen molar-refractivity contribution in [1.29, 1.82) is 0 Å². The van der Waals surface area contributed by atoms with Crippen molar-refractivity contribution in [1.82, 2.24) is 4.90 Å². The molecule has 1 aliphatic heterocycles. The minimum atomic E-state index is -0.0958. The lowest BCUT2D eigenvalue weighted by Gasteiger charge is -2.36. The van der Waals surface area contributed by atoms with Gasteiger partial charge in [0.25, 0.3) is 0 Å². The van der Waals surface area contributed by atoms with Gasteiger partial charge in [0.05, 0.1) is 12.3 Å². The Labute approximate surface area is 121 Å². The zero-order valence-corrected chi connectivity index (χ0v) is 12.7. The number of benzene rings is 1. The summed E-state index contributed by atoms with van der Waals surface area (Å²) in [5.41, 5.74) is 1.80. The first-order chi connectivity index (χ1) is 9.61. The molecule has 0 unspecified atom stereocenters. The van der Waals surface area contributed by atoms with E-state index in [1.165, 1.54) is 0 Å². The van der Waals surface area contributed by atoms with Crippen molar-refractivity contribution in [3.63, 3.8) is 0 Å². The number of methoxy groups -OCH3 is 1. The normalized spacial score (nSPS) is 16.9. The molecule has 0 aliphatic carbocycles. The van der Waals surface area contributed by atoms with E-state index in [2.05, 4.69) is 23.6 Å². The van der Waals surface area contributed by atoms with Crippen LogP contribution in [0, 0.1) is 5.82 Å². The third kappa shape index (κ3) is 3.70. The molecule has 112 valence electrons. The van der Waals surface area contributed by atoms with Crippen molar-refractivity contribution in [2.24, 2.45) is 0 Å². The molecule has 3 nitrogen and oxygen atoms in total. The molecule has 0 radical (unpaired) electrons. The number of hydrogen-bond acceptors (Lipinski definition) is 3. The zero-order chi connectivity index (χ0) is 14.5. The number of rotatable bonds is 5. The van der Waals surface area contributed by atoms with E-state index in [1.54, 1.807) is 13.2 Å². The van der Waals surface area contributed by atoms with Crippen LogP contribution in [0.5, 0.6) is 0 Å². The standard InChI is InChI=1S/C16H25FN2O/c1-13(2)14-4-5-16(15(17)12-14)19-8-6-18(7-9-19)10-11-20-3/h4-5,12-13H,6-11H2,1-3H3. The Kier molecular flexibility index (Phi) is 5.38. The van der Waals surface area contributed by atoms with Gasteiger partial charge in [0, 0.05) is 39.8 Å². The molecule has 1 fully saturated rings. The van der Waals surface area contributed by atoms with Crippen molar-refractivity contribution < 1.29 is 9.13 Å². The summed E-state index contributed by atoms with van der Waals surface area (Å²) < 4.78 is 19.3. The van der Waals surface area contributed by atoms with Crippen LogP contribution in [0.3, 0.4) is 0 Å². The van der Waals surface area contributed by atoms with Crippen molar-refractivity contribution >= 4 is 5.69 Å². The first-order valence-corrected chi connectivity index (χ1v) is 7.37. The molecule has 4 heteroatoms. The average molecular weight is 280 g/mol. The second-order valence-corrected chi connectivity index (χ2v) is 5.69. The lowest BCUT2D eigenvalue weighted by Crippen LogP contribution is -2.47. The largest absolute Gasteiger partial charge is 0.383 e. The van der Waals surface area contributed by atoms with E-state index in [9.17, 15) is 4.39 Å². The molecule has 0 bridgehead atoms. The third-order valence-electron chi connectivity index (χ3n) is 3.96. The molecular weight excluding hydrogens is 255 g/mol. The summed E-state index contributed by atoms with van der Waals surface area (Å²) in [7, 11) is 1.72. The quantitative estimate of drug-likeness (QED) is 0.825. The van der Waals surface area contributed by atoms with Crippen LogP contribution >= 0.6 is 0 Å². The second-order valence-electron chi connectivity index (χ2n) is 5.69. The van der Waals surface area contributed by atoms with E-state index in [0.29, 0.717) is 5.92 Å². The number of halogens is 1. The van der Waals surface area contributed by atoms with E-state index in [1.807, 2.05) is 12.1 Å². The van der Waals surface area contributed by atoms with Crippen molar-refractivity contribution in [2.45, 2.75) is 19.8 Å². The molecule has 1 saturated heterocycles. The van der Waals surface area contributed by atoms with Crippen LogP contribution in [0.15, 0.2) is 18.2 Å². The summed E-state index contributed by atoms with van der Waals surface area (Å²) in [6.07, 6.45) is 0. The van der Waals surface area contributed by atoms with Gasteiger partial charge in [-0.1, -0.05) is 19.9 Å². The molecule has 0 atom stereocenters. The van der Waals surface area contributed by atoms with E-state index >= 15 is 0 Å². The second kappa shape index (κ2) is 7.04. The highest BCUT2D eigenvalue weighted by atomic mass is 19.1. The summed E-state index contributed by atoms with van der Waals surface area (Å²) in [5.74, 6) is 0.269. The number of piperazine rings is 1. The van der Waals surface area contributed by atoms with Crippen molar-refractivity contribution in [3.05, 3.63) is 29.6 Å². The fourth-order valence-corrected chi connectivity index (χ4v) is 2.57. The summed E-state index contributed by atoms with van der Waals surface area (Å²) in [6.45, 7) is 9.58. The van der Waals surface area contributed by atoms with Gasteiger partial charge in [-0.15, -0.1) is 0 Å². The van der Waals surface area contributed by atoms with Crippen molar-refractivity contribution in [2.75, 3.05) is 51.3 Å². The maximum atomic E-state index is 14.2. The minimum Gasteiger partial charge on any atom is -0.383 e. The van der Waals surface area contributed by atoms with Gasteiger partial charge in [-0.05, 0) is 23.6 Å². The zero-order valence-electron chi connectivity index (χ0n) is 12.7. The van der Waals surface area contributed by atoms with E-state index in [-0.39, 0.29) is 5.82 Å². The van der Waals surface area contributed by atoms with Gasteiger partial charge in [0.2, 0.25) is 0 Å². The number of hydrogen-bond donors (Lipinski definition) is 0. The van der Waals surface area contributed by atoms with Gasteiger partial charge in [0.15, 0.2) is 0 Å². The highest BCUT2D eigenvalue weighted by Crippen LogP contribution is 2.25. The fourth-order valence-electron chi connectivity index (χ4n) is 2.57. The third-order valence-corrected chi connectivity index (χ3v) is 3.96. The Morgan fingerprint density at radius 2 is 1.90 bits per heavy atom. The minimum absolute atomic E-state index is 0.0958. The maximum Gasteiger partial charge on any atom is 0.146 e. The topological polar surface area (TPSA) is 15.7 Å². The van der Waals surface area contributed by atoms with E-state index in [0.717, 1.165) is 50.6 Å². The van der Waals surface area contributed by atoms with Gasteiger partial charge in [-0.2, -0.15) is 0 Å². The monoisotopic (exact) mass is 280 g/mol. The number of anilines is 1. The smallest absolute Gasteiger partial charge is 0.146 e. The summed E-state index contributed by atoms with van der Waals surface area (Å²) >= 11 is 0. The molecule has 20 heavy (non-hydrogen) atoms. The summed E-state index contributed by atoms with van der Waals surface area (Å²) in [4.78, 5) is 4.50. The number of ether oxygens (including phenoxy) is 1. The first-order valence-electron chi connectivity index (χ1n) is 7.37. The molecule has 0 N–H and O–H groups in total. The lowest BCUT2D eigenvalue weighted by molar-refractivity contribution is 0.144. The Balaban J connectivity index is 1.96. The SMILES string of the molecule is COCCN1CCN(c2ccc(C(C)C)cc2F)CC1. The van der Waals surface area contributed by atoms with E-state index in [4.69, 9.17) is 4.74 Å². The number of nitrogens with zero attached hydrogens (tertiary/aromatic N) is 2. The van der Waals surface area contributed by atoms with Crippen LogP contribution in [-0.4, -0.2) is 51.3 Å². The van der Waals surface area contributed by atoms with Crippen LogP contribution in [-0.2, 0) is 4.74 Å². The Bertz CT molecular complexity index is 428. The fraction of sp³-hybridized carbons (Fsp3) is 0.625. The predicted octanol–water partition coefficient (Wildman–Crippen LogP) is 2.72. The Morgan fingerprint density at radius 1 is 1.20 bits per heavy atom. The highest BCUT2D eigenvalue weighted by Gasteiger charge is 2.19. The molecule has 0 saturated carbocycles. The molecule has 0 amide bonds. The summed E-state index contributed by atoms with van der Waals surface area (Å²) in [5, 5.41) is 0. The van der Waals surface area contributed by atoms with Crippen LogP contribution in [0.25, 0.3) is 0 Å². The highest BCUT2D eigenvalue weighted by molar-refractivity contribution is 5.50. The first kappa shape index (κ1) is 15.3. The van der Waals surface area contributed by atoms with E-state index < -0.39 is 0 Å². The molecule has 1 aromatic carbocycles. The maximum absolute atomic E-state index is 14.2. The lowest BCUT2D eigenvalue weighted by atomic mass is 10.0. The van der Waals surface area contributed by atoms with Crippen LogP contribution in [0.4, 0.5) is 10.1 Å². The molecule has 1 aromatic rings. The molecule has 1 aliphatic rings. The average Bonchev–Trinajstić information content (AvgIpc) is 2.45. The van der Waals surface area contributed by atoms with Gasteiger partial charge >= 0.3 is 0 Å². The predicted molar refractivity (Wildman–Crippen MR) is 81.0 cm³/mol. The summed E-state index contributed by atoms with van der Waals surface area (Å²) in [6, 6.07) is 5.65. The Hall–Kier alpha value is -1.13. The molecule has 0 spiro atoms.